The summed E-state index contributed by atoms with van der Waals surface area (Å²) in [7, 11) is 0. The maximum absolute atomic E-state index is 4.47. The first-order chi connectivity index (χ1) is 9.90. The van der Waals surface area contributed by atoms with Gasteiger partial charge in [-0.3, -0.25) is 0 Å². The van der Waals surface area contributed by atoms with Crippen LogP contribution >= 0.6 is 0 Å². The first kappa shape index (κ1) is 12.2. The van der Waals surface area contributed by atoms with Crippen molar-refractivity contribution in [1.82, 2.24) is 15.3 Å². The van der Waals surface area contributed by atoms with E-state index in [9.17, 15) is 0 Å². The molecule has 0 bridgehead atoms. The molecule has 20 heavy (non-hydrogen) atoms. The number of hydrogen-bond acceptors (Lipinski definition) is 3. The number of aromatic nitrogens is 2. The number of piperidine rings is 1. The summed E-state index contributed by atoms with van der Waals surface area (Å²) in [5, 5.41) is 8.50. The Bertz CT molecular complexity index is 594. The number of anilines is 1. The third-order valence-corrected chi connectivity index (χ3v) is 4.52. The lowest BCUT2D eigenvalue weighted by atomic mass is 10.0. The summed E-state index contributed by atoms with van der Waals surface area (Å²) >= 11 is 0. The fraction of sp³-hybridized carbons (Fsp3) is 0.562. The summed E-state index contributed by atoms with van der Waals surface area (Å²) in [5.41, 5.74) is 3.71. The molecule has 1 saturated carbocycles. The monoisotopic (exact) mass is 270 g/mol. The molecule has 1 aliphatic heterocycles. The summed E-state index contributed by atoms with van der Waals surface area (Å²) in [6, 6.07) is 2.67. The lowest BCUT2D eigenvalue weighted by molar-refractivity contribution is 0.480. The summed E-state index contributed by atoms with van der Waals surface area (Å²) in [5.74, 6) is 0.901. The molecule has 0 spiro atoms. The molecular formula is C16H22N4. The van der Waals surface area contributed by atoms with Crippen molar-refractivity contribution < 1.29 is 0 Å². The molecule has 0 aromatic carbocycles. The van der Waals surface area contributed by atoms with E-state index >= 15 is 0 Å². The van der Waals surface area contributed by atoms with Crippen LogP contribution in [0.25, 0.3) is 11.0 Å². The molecule has 106 valence electrons. The van der Waals surface area contributed by atoms with Crippen molar-refractivity contribution in [3.05, 3.63) is 24.0 Å². The van der Waals surface area contributed by atoms with Crippen LogP contribution in [0.5, 0.6) is 0 Å². The van der Waals surface area contributed by atoms with Crippen molar-refractivity contribution in [2.24, 2.45) is 5.92 Å². The van der Waals surface area contributed by atoms with Crippen LogP contribution < -0.4 is 10.6 Å². The predicted molar refractivity (Wildman–Crippen MR) is 82.0 cm³/mol. The first-order valence-electron chi connectivity index (χ1n) is 7.82. The van der Waals surface area contributed by atoms with E-state index in [-0.39, 0.29) is 0 Å². The minimum atomic E-state index is 0.540. The topological polar surface area (TPSA) is 52.7 Å². The summed E-state index contributed by atoms with van der Waals surface area (Å²) in [6.45, 7) is 2.22. The SMILES string of the molecule is c1cc(NC2CCCNC2)c2c(CC3CC3)c[nH]c2n1. The Morgan fingerprint density at radius 2 is 2.25 bits per heavy atom. The molecular weight excluding hydrogens is 248 g/mol. The number of nitrogens with zero attached hydrogens (tertiary/aromatic N) is 1. The molecule has 2 fully saturated rings. The highest BCUT2D eigenvalue weighted by Crippen LogP contribution is 2.36. The average molecular weight is 270 g/mol. The van der Waals surface area contributed by atoms with Crippen LogP contribution in [0.1, 0.15) is 31.2 Å². The second-order valence-electron chi connectivity index (χ2n) is 6.23. The summed E-state index contributed by atoms with van der Waals surface area (Å²) in [6.07, 6.45) is 10.5. The second-order valence-corrected chi connectivity index (χ2v) is 6.23. The molecule has 0 amide bonds. The van der Waals surface area contributed by atoms with Gasteiger partial charge in [0.05, 0.1) is 0 Å². The summed E-state index contributed by atoms with van der Waals surface area (Å²) in [4.78, 5) is 7.80. The van der Waals surface area contributed by atoms with E-state index in [0.29, 0.717) is 6.04 Å². The van der Waals surface area contributed by atoms with Crippen LogP contribution in [0.2, 0.25) is 0 Å². The molecule has 0 radical (unpaired) electrons. The molecule has 1 saturated heterocycles. The Balaban J connectivity index is 1.64. The first-order valence-corrected chi connectivity index (χ1v) is 7.82. The van der Waals surface area contributed by atoms with Gasteiger partial charge in [-0.1, -0.05) is 0 Å². The van der Waals surface area contributed by atoms with Gasteiger partial charge in [-0.05, 0) is 56.2 Å². The highest BCUT2D eigenvalue weighted by molar-refractivity contribution is 5.92. The van der Waals surface area contributed by atoms with Crippen LogP contribution in [0.15, 0.2) is 18.5 Å². The molecule has 2 aliphatic rings. The normalized spacial score (nSPS) is 23.1. The van der Waals surface area contributed by atoms with Crippen molar-refractivity contribution in [3.8, 4) is 0 Å². The third-order valence-electron chi connectivity index (χ3n) is 4.52. The molecule has 2 aromatic heterocycles. The largest absolute Gasteiger partial charge is 0.380 e. The van der Waals surface area contributed by atoms with Gasteiger partial charge in [0.15, 0.2) is 0 Å². The number of pyridine rings is 1. The molecule has 1 atom stereocenters. The number of hydrogen-bond donors (Lipinski definition) is 3. The maximum atomic E-state index is 4.47. The number of H-pyrrole nitrogens is 1. The zero-order valence-corrected chi connectivity index (χ0v) is 11.8. The average Bonchev–Trinajstić information content (AvgIpc) is 3.20. The van der Waals surface area contributed by atoms with Gasteiger partial charge in [-0.2, -0.15) is 0 Å². The maximum Gasteiger partial charge on any atom is 0.139 e. The van der Waals surface area contributed by atoms with Gasteiger partial charge in [0.1, 0.15) is 5.65 Å². The van der Waals surface area contributed by atoms with E-state index in [1.165, 1.54) is 48.7 Å². The highest BCUT2D eigenvalue weighted by Gasteiger charge is 2.24. The van der Waals surface area contributed by atoms with Crippen molar-refractivity contribution >= 4 is 16.7 Å². The van der Waals surface area contributed by atoms with Crippen LogP contribution in [-0.4, -0.2) is 29.1 Å². The number of aromatic amines is 1. The molecule has 2 aromatic rings. The summed E-state index contributed by atoms with van der Waals surface area (Å²) < 4.78 is 0. The highest BCUT2D eigenvalue weighted by atomic mass is 15.0. The lowest BCUT2D eigenvalue weighted by Crippen LogP contribution is -2.38. The Morgan fingerprint density at radius 1 is 1.30 bits per heavy atom. The van der Waals surface area contributed by atoms with Gasteiger partial charge in [0.2, 0.25) is 0 Å². The predicted octanol–water partition coefficient (Wildman–Crippen LogP) is 2.68. The minimum absolute atomic E-state index is 0.540. The molecule has 4 rings (SSSR count). The molecule has 3 heterocycles. The number of rotatable bonds is 4. The van der Waals surface area contributed by atoms with Gasteiger partial charge in [0, 0.05) is 36.1 Å². The second kappa shape index (κ2) is 5.09. The number of nitrogens with one attached hydrogen (secondary N) is 3. The zero-order valence-electron chi connectivity index (χ0n) is 11.8. The van der Waals surface area contributed by atoms with Gasteiger partial charge in [0.25, 0.3) is 0 Å². The van der Waals surface area contributed by atoms with Crippen molar-refractivity contribution in [2.45, 2.75) is 38.1 Å². The Kier molecular flexibility index (Phi) is 3.11. The standard InChI is InChI=1S/C16H22N4/c1-2-13(10-17-6-1)20-14-5-7-18-16-15(14)12(9-19-16)8-11-3-4-11/h5,7,9,11,13,17H,1-4,6,8,10H2,(H2,18,19,20). The molecule has 3 N–H and O–H groups in total. The van der Waals surface area contributed by atoms with E-state index in [2.05, 4.69) is 32.9 Å². The van der Waals surface area contributed by atoms with E-state index in [0.717, 1.165) is 24.7 Å². The van der Waals surface area contributed by atoms with Crippen molar-refractivity contribution in [2.75, 3.05) is 18.4 Å². The smallest absolute Gasteiger partial charge is 0.139 e. The van der Waals surface area contributed by atoms with E-state index in [1.807, 2.05) is 6.20 Å². The quantitative estimate of drug-likeness (QED) is 0.800. The van der Waals surface area contributed by atoms with Gasteiger partial charge < -0.3 is 15.6 Å². The van der Waals surface area contributed by atoms with Crippen molar-refractivity contribution in [3.63, 3.8) is 0 Å². The van der Waals surface area contributed by atoms with Crippen LogP contribution in [-0.2, 0) is 6.42 Å². The molecule has 1 unspecified atom stereocenters. The van der Waals surface area contributed by atoms with Crippen molar-refractivity contribution in [1.29, 1.82) is 0 Å². The Labute approximate surface area is 119 Å². The van der Waals surface area contributed by atoms with E-state index in [4.69, 9.17) is 0 Å². The molecule has 4 heteroatoms. The number of fused-ring (bicyclic) bond motifs is 1. The van der Waals surface area contributed by atoms with E-state index < -0.39 is 0 Å². The van der Waals surface area contributed by atoms with Crippen LogP contribution in [0, 0.1) is 5.92 Å². The Morgan fingerprint density at radius 3 is 3.05 bits per heavy atom. The van der Waals surface area contributed by atoms with Gasteiger partial charge in [-0.25, -0.2) is 4.98 Å². The fourth-order valence-electron chi connectivity index (χ4n) is 3.23. The molecule has 1 aliphatic carbocycles. The lowest BCUT2D eigenvalue weighted by Gasteiger charge is -2.25. The van der Waals surface area contributed by atoms with E-state index in [1.54, 1.807) is 0 Å². The third kappa shape index (κ3) is 2.40. The van der Waals surface area contributed by atoms with Crippen LogP contribution in [0.3, 0.4) is 0 Å². The van der Waals surface area contributed by atoms with Gasteiger partial charge >= 0.3 is 0 Å². The minimum Gasteiger partial charge on any atom is -0.380 e. The van der Waals surface area contributed by atoms with Crippen LogP contribution in [0.4, 0.5) is 5.69 Å². The zero-order chi connectivity index (χ0) is 13.4. The fourth-order valence-corrected chi connectivity index (χ4v) is 3.23. The van der Waals surface area contributed by atoms with Gasteiger partial charge in [-0.15, -0.1) is 0 Å². The Hall–Kier alpha value is -1.55. The molecule has 4 nitrogen and oxygen atoms in total.